The van der Waals surface area contributed by atoms with Crippen molar-refractivity contribution in [1.29, 1.82) is 0 Å². The monoisotopic (exact) mass is 269 g/mol. The molecule has 0 radical (unpaired) electrons. The summed E-state index contributed by atoms with van der Waals surface area (Å²) in [6, 6.07) is 7.37. The molecule has 1 N–H and O–H groups in total. The second kappa shape index (κ2) is 6.21. The van der Waals surface area contributed by atoms with Crippen molar-refractivity contribution in [2.75, 3.05) is 6.61 Å². The van der Waals surface area contributed by atoms with Crippen molar-refractivity contribution >= 4 is 17.5 Å². The molecule has 1 atom stereocenters. The van der Waals surface area contributed by atoms with Crippen LogP contribution in [0.3, 0.4) is 0 Å². The number of amides is 1. The van der Waals surface area contributed by atoms with Gasteiger partial charge in [-0.25, -0.2) is 0 Å². The van der Waals surface area contributed by atoms with Crippen molar-refractivity contribution in [3.05, 3.63) is 34.9 Å². The van der Waals surface area contributed by atoms with Gasteiger partial charge in [-0.05, 0) is 45.4 Å². The Morgan fingerprint density at radius 3 is 2.67 bits per heavy atom. The van der Waals surface area contributed by atoms with Crippen molar-refractivity contribution in [1.82, 2.24) is 5.32 Å². The number of ether oxygens (including phenoxy) is 1. The van der Waals surface area contributed by atoms with E-state index in [9.17, 15) is 4.79 Å². The number of hydrogen-bond donors (Lipinski definition) is 1. The van der Waals surface area contributed by atoms with Gasteiger partial charge in [0.25, 0.3) is 0 Å². The molecular formula is C14H20ClNO2. The van der Waals surface area contributed by atoms with E-state index in [2.05, 4.69) is 5.32 Å². The number of carbonyl (C=O) groups is 1. The van der Waals surface area contributed by atoms with E-state index in [4.69, 9.17) is 16.3 Å². The third kappa shape index (κ3) is 5.52. The number of nitrogens with one attached hydrogen (secondary N) is 1. The fourth-order valence-electron chi connectivity index (χ4n) is 1.42. The zero-order valence-electron chi connectivity index (χ0n) is 11.3. The first-order chi connectivity index (χ1) is 8.28. The van der Waals surface area contributed by atoms with Crippen LogP contribution in [0.4, 0.5) is 0 Å². The van der Waals surface area contributed by atoms with Crippen molar-refractivity contribution in [3.8, 4) is 0 Å². The van der Waals surface area contributed by atoms with Gasteiger partial charge in [-0.15, -0.1) is 0 Å². The lowest BCUT2D eigenvalue weighted by molar-refractivity contribution is -0.131. The molecule has 18 heavy (non-hydrogen) atoms. The summed E-state index contributed by atoms with van der Waals surface area (Å²) in [6.07, 6.45) is 0. The van der Waals surface area contributed by atoms with Gasteiger partial charge in [0.1, 0.15) is 6.61 Å². The highest BCUT2D eigenvalue weighted by molar-refractivity contribution is 6.30. The number of rotatable bonds is 4. The first-order valence-corrected chi connectivity index (χ1v) is 6.34. The van der Waals surface area contributed by atoms with Gasteiger partial charge in [0.2, 0.25) is 5.91 Å². The molecule has 1 aromatic carbocycles. The quantitative estimate of drug-likeness (QED) is 0.910. The Morgan fingerprint density at radius 1 is 1.44 bits per heavy atom. The maximum Gasteiger partial charge on any atom is 0.246 e. The summed E-state index contributed by atoms with van der Waals surface area (Å²) in [5.74, 6) is -0.127. The summed E-state index contributed by atoms with van der Waals surface area (Å²) >= 11 is 5.91. The molecule has 3 nitrogen and oxygen atoms in total. The van der Waals surface area contributed by atoms with Gasteiger partial charge in [0, 0.05) is 5.02 Å². The average Bonchev–Trinajstić information content (AvgIpc) is 2.25. The van der Waals surface area contributed by atoms with Gasteiger partial charge >= 0.3 is 0 Å². The minimum Gasteiger partial charge on any atom is -0.366 e. The van der Waals surface area contributed by atoms with E-state index in [0.29, 0.717) is 5.02 Å². The SMILES string of the molecule is CC(NC(=O)COC(C)(C)C)c1cccc(Cl)c1. The zero-order chi connectivity index (χ0) is 13.8. The molecule has 1 rings (SSSR count). The molecule has 100 valence electrons. The number of hydrogen-bond acceptors (Lipinski definition) is 2. The van der Waals surface area contributed by atoms with Crippen molar-refractivity contribution in [2.24, 2.45) is 0 Å². The molecule has 1 amide bonds. The van der Waals surface area contributed by atoms with Crippen LogP contribution in [0, 0.1) is 0 Å². The van der Waals surface area contributed by atoms with Crippen LogP contribution in [0.1, 0.15) is 39.3 Å². The topological polar surface area (TPSA) is 38.3 Å². The number of halogens is 1. The Morgan fingerprint density at radius 2 is 2.11 bits per heavy atom. The summed E-state index contributed by atoms with van der Waals surface area (Å²) in [5.41, 5.74) is 0.669. The lowest BCUT2D eigenvalue weighted by Gasteiger charge is -2.20. The molecule has 0 aliphatic heterocycles. The first kappa shape index (κ1) is 15.0. The highest BCUT2D eigenvalue weighted by Crippen LogP contribution is 2.17. The Kier molecular flexibility index (Phi) is 5.17. The van der Waals surface area contributed by atoms with E-state index < -0.39 is 0 Å². The summed E-state index contributed by atoms with van der Waals surface area (Å²) < 4.78 is 5.41. The molecule has 1 unspecified atom stereocenters. The van der Waals surface area contributed by atoms with Crippen LogP contribution < -0.4 is 5.32 Å². The third-order valence-corrected chi connectivity index (χ3v) is 2.60. The lowest BCUT2D eigenvalue weighted by Crippen LogP contribution is -2.33. The molecule has 4 heteroatoms. The van der Waals surface area contributed by atoms with Gasteiger partial charge in [-0.3, -0.25) is 4.79 Å². The van der Waals surface area contributed by atoms with Crippen molar-refractivity contribution in [3.63, 3.8) is 0 Å². The molecule has 0 bridgehead atoms. The van der Waals surface area contributed by atoms with Gasteiger partial charge < -0.3 is 10.1 Å². The summed E-state index contributed by atoms with van der Waals surface area (Å²) in [7, 11) is 0. The number of benzene rings is 1. The zero-order valence-corrected chi connectivity index (χ0v) is 12.0. The summed E-state index contributed by atoms with van der Waals surface area (Å²) in [4.78, 5) is 11.7. The standard InChI is InChI=1S/C14H20ClNO2/c1-10(11-6-5-7-12(15)8-11)16-13(17)9-18-14(2,3)4/h5-8,10H,9H2,1-4H3,(H,16,17). The van der Waals surface area contributed by atoms with E-state index >= 15 is 0 Å². The second-order valence-electron chi connectivity index (χ2n) is 5.25. The normalized spacial score (nSPS) is 13.2. The molecule has 0 aliphatic rings. The Labute approximate surface area is 113 Å². The number of carbonyl (C=O) groups excluding carboxylic acids is 1. The highest BCUT2D eigenvalue weighted by atomic mass is 35.5. The Hall–Kier alpha value is -1.06. The molecule has 0 aromatic heterocycles. The molecule has 1 aromatic rings. The molecular weight excluding hydrogens is 250 g/mol. The van der Waals surface area contributed by atoms with Crippen LogP contribution in [-0.2, 0) is 9.53 Å². The molecule has 0 heterocycles. The Bertz CT molecular complexity index is 413. The van der Waals surface area contributed by atoms with E-state index in [0.717, 1.165) is 5.56 Å². The van der Waals surface area contributed by atoms with Gasteiger partial charge in [-0.2, -0.15) is 0 Å². The van der Waals surface area contributed by atoms with Gasteiger partial charge in [0.05, 0.1) is 11.6 Å². The van der Waals surface area contributed by atoms with Crippen LogP contribution in [0.5, 0.6) is 0 Å². The summed E-state index contributed by atoms with van der Waals surface area (Å²) in [6.45, 7) is 7.73. The van der Waals surface area contributed by atoms with E-state index in [1.54, 1.807) is 0 Å². The van der Waals surface area contributed by atoms with E-state index in [-0.39, 0.29) is 24.2 Å². The molecule has 0 aliphatic carbocycles. The predicted octanol–water partition coefficient (Wildman–Crippen LogP) is 3.33. The van der Waals surface area contributed by atoms with Gasteiger partial charge in [-0.1, -0.05) is 23.7 Å². The smallest absolute Gasteiger partial charge is 0.246 e. The summed E-state index contributed by atoms with van der Waals surface area (Å²) in [5, 5.41) is 3.54. The minimum atomic E-state index is -0.309. The van der Waals surface area contributed by atoms with Crippen LogP contribution >= 0.6 is 11.6 Å². The maximum atomic E-state index is 11.7. The molecule has 0 saturated carbocycles. The Balaban J connectivity index is 2.50. The largest absolute Gasteiger partial charge is 0.366 e. The van der Waals surface area contributed by atoms with E-state index in [1.807, 2.05) is 52.0 Å². The van der Waals surface area contributed by atoms with Crippen LogP contribution in [0.25, 0.3) is 0 Å². The fraction of sp³-hybridized carbons (Fsp3) is 0.500. The second-order valence-corrected chi connectivity index (χ2v) is 5.68. The lowest BCUT2D eigenvalue weighted by atomic mass is 10.1. The molecule has 0 spiro atoms. The van der Waals surface area contributed by atoms with Crippen LogP contribution in [-0.4, -0.2) is 18.1 Å². The third-order valence-electron chi connectivity index (χ3n) is 2.36. The van der Waals surface area contributed by atoms with Crippen molar-refractivity contribution in [2.45, 2.75) is 39.3 Å². The minimum absolute atomic E-state index is 0.0639. The van der Waals surface area contributed by atoms with Crippen LogP contribution in [0.2, 0.25) is 5.02 Å². The fourth-order valence-corrected chi connectivity index (χ4v) is 1.62. The first-order valence-electron chi connectivity index (χ1n) is 5.97. The molecule has 0 fully saturated rings. The average molecular weight is 270 g/mol. The van der Waals surface area contributed by atoms with Crippen molar-refractivity contribution < 1.29 is 9.53 Å². The molecule has 0 saturated heterocycles. The maximum absolute atomic E-state index is 11.7. The predicted molar refractivity (Wildman–Crippen MR) is 73.7 cm³/mol. The van der Waals surface area contributed by atoms with Gasteiger partial charge in [0.15, 0.2) is 0 Å². The highest BCUT2D eigenvalue weighted by Gasteiger charge is 2.15. The van der Waals surface area contributed by atoms with E-state index in [1.165, 1.54) is 0 Å². The van der Waals surface area contributed by atoms with Crippen LogP contribution in [0.15, 0.2) is 24.3 Å².